The molecule has 4 rings (SSSR count). The predicted octanol–water partition coefficient (Wildman–Crippen LogP) is 5.97. The summed E-state index contributed by atoms with van der Waals surface area (Å²) in [5, 5.41) is 0.0824. The summed E-state index contributed by atoms with van der Waals surface area (Å²) >= 11 is 0. The van der Waals surface area contributed by atoms with E-state index < -0.39 is 52.3 Å². The molecule has 0 saturated heterocycles. The second-order valence-corrected chi connectivity index (χ2v) is 7.84. The van der Waals surface area contributed by atoms with Crippen LogP contribution in [0.2, 0.25) is 0 Å². The Morgan fingerprint density at radius 2 is 1.47 bits per heavy atom. The molecule has 3 aromatic carbocycles. The van der Waals surface area contributed by atoms with Crippen LogP contribution in [-0.2, 0) is 4.79 Å². The zero-order valence-electron chi connectivity index (χ0n) is 19.9. The molecule has 0 aliphatic heterocycles. The van der Waals surface area contributed by atoms with Gasteiger partial charge in [-0.25, -0.2) is 18.0 Å². The fourth-order valence-corrected chi connectivity index (χ4v) is 3.34. The van der Waals surface area contributed by atoms with Crippen LogP contribution in [0.3, 0.4) is 0 Å². The average molecular weight is 536 g/mol. The van der Waals surface area contributed by atoms with Crippen LogP contribution in [0, 0.1) is 36.0 Å². The number of rotatable bonds is 7. The number of carbonyl (C=O) groups is 1. The number of benzene rings is 3. The minimum atomic E-state index is -2.37. The molecule has 1 aromatic heterocycles. The molecule has 1 heterocycles. The maximum atomic E-state index is 13.9. The third-order valence-electron chi connectivity index (χ3n) is 5.26. The predicted molar refractivity (Wildman–Crippen MR) is 122 cm³/mol. The molecule has 7 nitrogen and oxygen atoms in total. The van der Waals surface area contributed by atoms with Gasteiger partial charge in [-0.2, -0.15) is 8.78 Å². The number of methoxy groups -OCH3 is 1. The largest absolute Gasteiger partial charge is 0.497 e. The molecular weight excluding hydrogens is 519 g/mol. The third kappa shape index (κ3) is 4.97. The van der Waals surface area contributed by atoms with Crippen molar-refractivity contribution < 1.29 is 50.1 Å². The second kappa shape index (κ2) is 10.4. The number of hydrogen-bond donors (Lipinski definition) is 0. The number of aryl methyl sites for hydroxylation is 1. The van der Waals surface area contributed by atoms with Gasteiger partial charge >= 0.3 is 5.97 Å². The Kier molecular flexibility index (Phi) is 7.24. The summed E-state index contributed by atoms with van der Waals surface area (Å²) in [6.07, 6.45) is -1.79. The molecule has 4 aromatic rings. The van der Waals surface area contributed by atoms with Gasteiger partial charge in [0.15, 0.2) is 11.9 Å². The van der Waals surface area contributed by atoms with Gasteiger partial charge in [-0.15, -0.1) is 0 Å². The first-order valence-corrected chi connectivity index (χ1v) is 10.8. The first kappa shape index (κ1) is 26.5. The summed E-state index contributed by atoms with van der Waals surface area (Å²) in [6, 6.07) is 10.3. The fraction of sp³-hybridized carbons (Fsp3) is 0.154. The molecule has 0 radical (unpaired) electrons. The van der Waals surface area contributed by atoms with Crippen molar-refractivity contribution in [2.24, 2.45) is 0 Å². The smallest absolute Gasteiger partial charge is 0.352 e. The van der Waals surface area contributed by atoms with Crippen LogP contribution >= 0.6 is 0 Å². The van der Waals surface area contributed by atoms with E-state index in [9.17, 15) is 31.5 Å². The zero-order chi connectivity index (χ0) is 27.7. The Labute approximate surface area is 210 Å². The molecule has 12 heteroatoms. The lowest BCUT2D eigenvalue weighted by molar-refractivity contribution is -0.141. The number of carbonyl (C=O) groups excluding carboxylic acids is 1. The normalized spacial score (nSPS) is 11.8. The molecule has 198 valence electrons. The first-order chi connectivity index (χ1) is 18.0. The van der Waals surface area contributed by atoms with Crippen molar-refractivity contribution in [1.29, 1.82) is 0 Å². The molecule has 0 amide bonds. The van der Waals surface area contributed by atoms with Gasteiger partial charge in [-0.1, -0.05) is 6.07 Å². The van der Waals surface area contributed by atoms with Crippen molar-refractivity contribution in [3.05, 3.63) is 87.5 Å². The van der Waals surface area contributed by atoms with Crippen LogP contribution in [0.5, 0.6) is 28.7 Å². The standard InChI is InChI=1S/C26H17F5O7/c1-11-24(37-14-6-4-5-13(9-14)34-3)23(32)16-8-7-15(10-17(16)35-11)38-26(33)12(2)36-25-21(30)19(28)18(27)20(29)22(25)31/h4-10,12H,1-3H3. The van der Waals surface area contributed by atoms with Gasteiger partial charge in [0.25, 0.3) is 0 Å². The van der Waals surface area contributed by atoms with Crippen molar-refractivity contribution in [3.8, 4) is 28.7 Å². The van der Waals surface area contributed by atoms with Crippen molar-refractivity contribution in [2.75, 3.05) is 7.11 Å². The van der Waals surface area contributed by atoms with Crippen LogP contribution in [0.1, 0.15) is 12.7 Å². The quantitative estimate of drug-likeness (QED) is 0.0946. The molecule has 38 heavy (non-hydrogen) atoms. The van der Waals surface area contributed by atoms with Crippen LogP contribution in [0.4, 0.5) is 22.0 Å². The van der Waals surface area contributed by atoms with E-state index in [-0.39, 0.29) is 28.2 Å². The highest BCUT2D eigenvalue weighted by Gasteiger charge is 2.30. The molecule has 0 spiro atoms. The van der Waals surface area contributed by atoms with Gasteiger partial charge in [0.2, 0.25) is 40.3 Å². The molecular formula is C26H17F5O7. The SMILES string of the molecule is COc1cccc(Oc2c(C)oc3cc(OC(=O)C(C)Oc4c(F)c(F)c(F)c(F)c4F)ccc3c2=O)c1. The lowest BCUT2D eigenvalue weighted by Crippen LogP contribution is -2.29. The van der Waals surface area contributed by atoms with E-state index in [2.05, 4.69) is 4.74 Å². The Balaban J connectivity index is 1.56. The third-order valence-corrected chi connectivity index (χ3v) is 5.26. The van der Waals surface area contributed by atoms with Crippen molar-refractivity contribution in [3.63, 3.8) is 0 Å². The molecule has 1 unspecified atom stereocenters. The summed E-state index contributed by atoms with van der Waals surface area (Å²) in [4.78, 5) is 25.4. The minimum absolute atomic E-state index is 0.0177. The van der Waals surface area contributed by atoms with Crippen LogP contribution in [0.15, 0.2) is 51.7 Å². The van der Waals surface area contributed by atoms with E-state index in [1.165, 1.54) is 32.2 Å². The fourth-order valence-electron chi connectivity index (χ4n) is 3.34. The van der Waals surface area contributed by atoms with E-state index in [1.807, 2.05) is 0 Å². The topological polar surface area (TPSA) is 84.2 Å². The lowest BCUT2D eigenvalue weighted by Gasteiger charge is -2.16. The number of fused-ring (bicyclic) bond motifs is 1. The summed E-state index contributed by atoms with van der Waals surface area (Å²) in [6.45, 7) is 2.46. The van der Waals surface area contributed by atoms with Crippen LogP contribution in [0.25, 0.3) is 11.0 Å². The number of esters is 1. The van der Waals surface area contributed by atoms with Gasteiger partial charge in [-0.3, -0.25) is 4.79 Å². The average Bonchev–Trinajstić information content (AvgIpc) is 2.91. The maximum absolute atomic E-state index is 13.9. The Hall–Kier alpha value is -4.61. The zero-order valence-corrected chi connectivity index (χ0v) is 19.9. The molecule has 0 fully saturated rings. The molecule has 1 atom stereocenters. The second-order valence-electron chi connectivity index (χ2n) is 7.84. The Morgan fingerprint density at radius 3 is 2.13 bits per heavy atom. The summed E-state index contributed by atoms with van der Waals surface area (Å²) in [5.74, 6) is -13.5. The highest BCUT2D eigenvalue weighted by molar-refractivity contribution is 5.82. The van der Waals surface area contributed by atoms with Crippen molar-refractivity contribution in [2.45, 2.75) is 20.0 Å². The highest BCUT2D eigenvalue weighted by Crippen LogP contribution is 2.31. The molecule has 0 bridgehead atoms. The Morgan fingerprint density at radius 1 is 0.842 bits per heavy atom. The number of halogens is 5. The van der Waals surface area contributed by atoms with Crippen LogP contribution < -0.4 is 24.4 Å². The van der Waals surface area contributed by atoms with Crippen molar-refractivity contribution in [1.82, 2.24) is 0 Å². The van der Waals surface area contributed by atoms with E-state index in [0.29, 0.717) is 11.5 Å². The number of ether oxygens (including phenoxy) is 4. The summed E-state index contributed by atoms with van der Waals surface area (Å²) in [5.41, 5.74) is -0.503. The summed E-state index contributed by atoms with van der Waals surface area (Å²) in [7, 11) is 1.48. The van der Waals surface area contributed by atoms with Gasteiger partial charge in [0.05, 0.1) is 12.5 Å². The molecule has 0 aliphatic carbocycles. The maximum Gasteiger partial charge on any atom is 0.352 e. The van der Waals surface area contributed by atoms with E-state index >= 15 is 0 Å². The molecule has 0 saturated carbocycles. The van der Waals surface area contributed by atoms with Crippen molar-refractivity contribution >= 4 is 16.9 Å². The van der Waals surface area contributed by atoms with Gasteiger partial charge in [0, 0.05) is 12.1 Å². The van der Waals surface area contributed by atoms with Gasteiger partial charge in [0.1, 0.15) is 28.6 Å². The van der Waals surface area contributed by atoms with Gasteiger partial charge in [-0.05, 0) is 38.1 Å². The lowest BCUT2D eigenvalue weighted by atomic mass is 10.2. The first-order valence-electron chi connectivity index (χ1n) is 10.8. The monoisotopic (exact) mass is 536 g/mol. The van der Waals surface area contributed by atoms with Gasteiger partial charge < -0.3 is 23.4 Å². The van der Waals surface area contributed by atoms with E-state index in [4.69, 9.17) is 18.6 Å². The molecule has 0 N–H and O–H groups in total. The van der Waals surface area contributed by atoms with Crippen LogP contribution in [-0.4, -0.2) is 19.2 Å². The van der Waals surface area contributed by atoms with E-state index in [1.54, 1.807) is 24.3 Å². The minimum Gasteiger partial charge on any atom is -0.497 e. The highest BCUT2D eigenvalue weighted by atomic mass is 19.2. The summed E-state index contributed by atoms with van der Waals surface area (Å²) < 4.78 is 93.9. The van der Waals surface area contributed by atoms with E-state index in [0.717, 1.165) is 6.92 Å². The molecule has 0 aliphatic rings. The number of hydrogen-bond acceptors (Lipinski definition) is 7. The Bertz CT molecular complexity index is 1590.